The Morgan fingerprint density at radius 2 is 2.18 bits per heavy atom. The van der Waals surface area contributed by atoms with Crippen molar-refractivity contribution in [2.45, 2.75) is 5.88 Å². The lowest BCUT2D eigenvalue weighted by Gasteiger charge is -2.05. The molecular weight excluding hydrogens is 310 g/mol. The highest BCUT2D eigenvalue weighted by atomic mass is 79.9. The molecule has 1 aromatic heterocycles. The van der Waals surface area contributed by atoms with Crippen molar-refractivity contribution in [1.82, 2.24) is 9.97 Å². The van der Waals surface area contributed by atoms with Crippen molar-refractivity contribution in [1.29, 1.82) is 0 Å². The number of rotatable bonds is 2. The van der Waals surface area contributed by atoms with Gasteiger partial charge in [0.2, 0.25) is 0 Å². The summed E-state index contributed by atoms with van der Waals surface area (Å²) in [6.45, 7) is 0. The van der Waals surface area contributed by atoms with Crippen LogP contribution >= 0.6 is 27.5 Å². The Kier molecular flexibility index (Phi) is 3.59. The van der Waals surface area contributed by atoms with Crippen LogP contribution in [0.1, 0.15) is 5.69 Å². The molecule has 0 saturated heterocycles. The molecule has 2 rings (SSSR count). The zero-order chi connectivity index (χ0) is 12.4. The second kappa shape index (κ2) is 4.98. The minimum atomic E-state index is -0.401. The van der Waals surface area contributed by atoms with E-state index in [0.29, 0.717) is 21.6 Å². The molecule has 0 saturated carbocycles. The number of H-pyrrole nitrogens is 1. The fraction of sp³-hybridized carbons (Fsp3) is 0.0909. The van der Waals surface area contributed by atoms with Crippen LogP contribution < -0.4 is 5.56 Å². The highest BCUT2D eigenvalue weighted by Gasteiger charge is 2.08. The third-order valence-electron chi connectivity index (χ3n) is 2.12. The molecule has 2 aromatic rings. The van der Waals surface area contributed by atoms with Crippen LogP contribution in [-0.2, 0) is 5.88 Å². The molecule has 0 aliphatic carbocycles. The summed E-state index contributed by atoms with van der Waals surface area (Å²) in [7, 11) is 0. The van der Waals surface area contributed by atoms with Gasteiger partial charge in [0.05, 0.1) is 11.6 Å². The van der Waals surface area contributed by atoms with Crippen LogP contribution in [0.4, 0.5) is 4.39 Å². The third kappa shape index (κ3) is 2.73. The maximum atomic E-state index is 13.1. The SMILES string of the molecule is O=c1cc(CCl)nc(-c2cc(F)ccc2Br)[nH]1. The zero-order valence-corrected chi connectivity index (χ0v) is 10.8. The fourth-order valence-corrected chi connectivity index (χ4v) is 1.95. The normalized spacial score (nSPS) is 10.5. The van der Waals surface area contributed by atoms with E-state index in [1.807, 2.05) is 0 Å². The number of alkyl halides is 1. The first-order valence-corrected chi connectivity index (χ1v) is 6.04. The Balaban J connectivity index is 2.63. The molecule has 0 atom stereocenters. The first kappa shape index (κ1) is 12.3. The van der Waals surface area contributed by atoms with Crippen molar-refractivity contribution in [2.24, 2.45) is 0 Å². The molecule has 0 bridgehead atoms. The lowest BCUT2D eigenvalue weighted by molar-refractivity contribution is 0.628. The number of hydrogen-bond acceptors (Lipinski definition) is 2. The molecule has 0 aliphatic heterocycles. The maximum absolute atomic E-state index is 13.1. The van der Waals surface area contributed by atoms with Crippen molar-refractivity contribution in [3.8, 4) is 11.4 Å². The summed E-state index contributed by atoms with van der Waals surface area (Å²) in [5.41, 5.74) is 0.609. The molecule has 0 aliphatic rings. The van der Waals surface area contributed by atoms with E-state index in [-0.39, 0.29) is 11.4 Å². The molecule has 17 heavy (non-hydrogen) atoms. The number of nitrogens with one attached hydrogen (secondary N) is 1. The molecular formula is C11H7BrClFN2O. The van der Waals surface area contributed by atoms with Gasteiger partial charge in [-0.05, 0) is 18.2 Å². The summed E-state index contributed by atoms with van der Waals surface area (Å²) in [6.07, 6.45) is 0. The van der Waals surface area contributed by atoms with Crippen LogP contribution in [0.5, 0.6) is 0 Å². The molecule has 0 radical (unpaired) electrons. The molecule has 1 aromatic carbocycles. The van der Waals surface area contributed by atoms with Crippen molar-refractivity contribution in [3.63, 3.8) is 0 Å². The topological polar surface area (TPSA) is 45.8 Å². The number of aromatic amines is 1. The lowest BCUT2D eigenvalue weighted by atomic mass is 10.2. The second-order valence-corrected chi connectivity index (χ2v) is 4.46. The average molecular weight is 318 g/mol. The van der Waals surface area contributed by atoms with Crippen LogP contribution in [-0.4, -0.2) is 9.97 Å². The molecule has 1 N–H and O–H groups in total. The van der Waals surface area contributed by atoms with Gasteiger partial charge in [0.25, 0.3) is 5.56 Å². The molecule has 6 heteroatoms. The highest BCUT2D eigenvalue weighted by Crippen LogP contribution is 2.25. The summed E-state index contributed by atoms with van der Waals surface area (Å²) in [5, 5.41) is 0. The van der Waals surface area contributed by atoms with Crippen LogP contribution in [0.3, 0.4) is 0 Å². The van der Waals surface area contributed by atoms with Gasteiger partial charge in [0.1, 0.15) is 11.6 Å². The summed E-state index contributed by atoms with van der Waals surface area (Å²) < 4.78 is 13.8. The summed E-state index contributed by atoms with van der Waals surface area (Å²) in [5.74, 6) is 0.0192. The highest BCUT2D eigenvalue weighted by molar-refractivity contribution is 9.10. The van der Waals surface area contributed by atoms with Crippen LogP contribution in [0.15, 0.2) is 33.5 Å². The number of hydrogen-bond donors (Lipinski definition) is 1. The molecule has 0 fully saturated rings. The van der Waals surface area contributed by atoms with E-state index in [2.05, 4.69) is 25.9 Å². The van der Waals surface area contributed by atoms with Crippen LogP contribution in [0, 0.1) is 5.82 Å². The van der Waals surface area contributed by atoms with Gasteiger partial charge in [0, 0.05) is 16.1 Å². The monoisotopic (exact) mass is 316 g/mol. The standard InChI is InChI=1S/C11H7BrClFN2O/c12-9-2-1-6(14)3-8(9)11-15-7(5-13)4-10(17)16-11/h1-4H,5H2,(H,15,16,17). The van der Waals surface area contributed by atoms with Crippen molar-refractivity contribution >= 4 is 27.5 Å². The first-order chi connectivity index (χ1) is 8.10. The van der Waals surface area contributed by atoms with Gasteiger partial charge in [-0.2, -0.15) is 0 Å². The number of nitrogens with zero attached hydrogens (tertiary/aromatic N) is 1. The molecule has 0 unspecified atom stereocenters. The largest absolute Gasteiger partial charge is 0.306 e. The number of benzene rings is 1. The molecule has 1 heterocycles. The van der Waals surface area contributed by atoms with E-state index in [1.54, 1.807) is 6.07 Å². The van der Waals surface area contributed by atoms with Crippen molar-refractivity contribution < 1.29 is 4.39 Å². The summed E-state index contributed by atoms with van der Waals surface area (Å²) in [4.78, 5) is 18.1. The zero-order valence-electron chi connectivity index (χ0n) is 8.51. The van der Waals surface area contributed by atoms with E-state index in [4.69, 9.17) is 11.6 Å². The molecule has 88 valence electrons. The minimum absolute atomic E-state index is 0.129. The first-order valence-electron chi connectivity index (χ1n) is 4.72. The Morgan fingerprint density at radius 1 is 1.41 bits per heavy atom. The van der Waals surface area contributed by atoms with Gasteiger partial charge in [0.15, 0.2) is 0 Å². The minimum Gasteiger partial charge on any atom is -0.306 e. The maximum Gasteiger partial charge on any atom is 0.251 e. The fourth-order valence-electron chi connectivity index (χ4n) is 1.38. The number of halogens is 3. The van der Waals surface area contributed by atoms with Crippen molar-refractivity contribution in [2.75, 3.05) is 0 Å². The van der Waals surface area contributed by atoms with E-state index in [0.717, 1.165) is 0 Å². The quantitative estimate of drug-likeness (QED) is 0.865. The van der Waals surface area contributed by atoms with Gasteiger partial charge >= 0.3 is 0 Å². The average Bonchev–Trinajstić information content (AvgIpc) is 2.31. The molecule has 0 amide bonds. The van der Waals surface area contributed by atoms with Crippen LogP contribution in [0.2, 0.25) is 0 Å². The summed E-state index contributed by atoms with van der Waals surface area (Å²) in [6, 6.07) is 5.47. The van der Waals surface area contributed by atoms with E-state index < -0.39 is 5.82 Å². The van der Waals surface area contributed by atoms with Gasteiger partial charge in [-0.25, -0.2) is 9.37 Å². The van der Waals surface area contributed by atoms with Crippen LogP contribution in [0.25, 0.3) is 11.4 Å². The predicted octanol–water partition coefficient (Wildman–Crippen LogP) is 3.08. The molecule has 3 nitrogen and oxygen atoms in total. The van der Waals surface area contributed by atoms with Gasteiger partial charge in [-0.3, -0.25) is 4.79 Å². The third-order valence-corrected chi connectivity index (χ3v) is 3.08. The molecule has 0 spiro atoms. The van der Waals surface area contributed by atoms with Crippen molar-refractivity contribution in [3.05, 3.63) is 50.6 Å². The summed E-state index contributed by atoms with van der Waals surface area (Å²) >= 11 is 8.90. The van der Waals surface area contributed by atoms with Gasteiger partial charge in [-0.15, -0.1) is 11.6 Å². The second-order valence-electron chi connectivity index (χ2n) is 3.34. The van der Waals surface area contributed by atoms with Gasteiger partial charge < -0.3 is 4.98 Å². The smallest absolute Gasteiger partial charge is 0.251 e. The Bertz CT molecular complexity index is 615. The Labute approximate surface area is 110 Å². The van der Waals surface area contributed by atoms with E-state index >= 15 is 0 Å². The Hall–Kier alpha value is -1.20. The lowest BCUT2D eigenvalue weighted by Crippen LogP contribution is -2.09. The predicted molar refractivity (Wildman–Crippen MR) is 67.5 cm³/mol. The van der Waals surface area contributed by atoms with E-state index in [9.17, 15) is 9.18 Å². The Morgan fingerprint density at radius 3 is 2.88 bits per heavy atom. The van der Waals surface area contributed by atoms with E-state index in [1.165, 1.54) is 18.2 Å². The van der Waals surface area contributed by atoms with Gasteiger partial charge in [-0.1, -0.05) is 15.9 Å². The number of aromatic nitrogens is 2.